The Bertz CT molecular complexity index is 976. The lowest BCUT2D eigenvalue weighted by atomic mass is 10.1. The van der Waals surface area contributed by atoms with Crippen LogP contribution in [0.4, 0.5) is 24.5 Å². The molecule has 0 aromatic heterocycles. The van der Waals surface area contributed by atoms with Crippen LogP contribution in [0.3, 0.4) is 0 Å². The number of nitrogens with zero attached hydrogens (tertiary/aromatic N) is 1. The van der Waals surface area contributed by atoms with E-state index in [0.717, 1.165) is 5.69 Å². The summed E-state index contributed by atoms with van der Waals surface area (Å²) in [4.78, 5) is 34.7. The van der Waals surface area contributed by atoms with Gasteiger partial charge in [-0.2, -0.15) is 13.2 Å². The smallest absolute Gasteiger partial charge is 0.478 e. The molecule has 1 fully saturated rings. The fourth-order valence-corrected chi connectivity index (χ4v) is 2.77. The lowest BCUT2D eigenvalue weighted by Gasteiger charge is -2.30. The van der Waals surface area contributed by atoms with Crippen LogP contribution in [0.1, 0.15) is 20.7 Å². The third-order valence-electron chi connectivity index (χ3n) is 4.19. The number of amides is 1. The summed E-state index contributed by atoms with van der Waals surface area (Å²) in [7, 11) is 0. The first-order valence-electron chi connectivity index (χ1n) is 9.06. The van der Waals surface area contributed by atoms with E-state index in [1.807, 2.05) is 0 Å². The Morgan fingerprint density at radius 3 is 2.00 bits per heavy atom. The fourth-order valence-electron chi connectivity index (χ4n) is 2.64. The quantitative estimate of drug-likeness (QED) is 0.617. The Balaban J connectivity index is 0.000000451. The number of carbonyl (C=O) groups excluding carboxylic acids is 1. The Hall–Kier alpha value is -3.31. The number of ether oxygens (including phenoxy) is 1. The van der Waals surface area contributed by atoms with Gasteiger partial charge in [-0.1, -0.05) is 11.6 Å². The largest absolute Gasteiger partial charge is 0.490 e. The number of nitrogens with one attached hydrogen (secondary N) is 1. The Morgan fingerprint density at radius 2 is 1.50 bits per heavy atom. The summed E-state index contributed by atoms with van der Waals surface area (Å²) < 4.78 is 37.1. The first-order valence-corrected chi connectivity index (χ1v) is 9.44. The molecule has 0 unspecified atom stereocenters. The maximum atomic E-state index is 12.5. The molecule has 1 amide bonds. The molecule has 3 rings (SSSR count). The SMILES string of the molecule is O=C(O)C(F)(F)F.O=C(O)c1ccc(N2CCOCC2)c(NC(=O)c2ccc(Cl)cc2)c1. The average Bonchev–Trinajstić information content (AvgIpc) is 2.74. The zero-order valence-corrected chi connectivity index (χ0v) is 17.1. The summed E-state index contributed by atoms with van der Waals surface area (Å²) in [5.74, 6) is -4.13. The highest BCUT2D eigenvalue weighted by Gasteiger charge is 2.38. The van der Waals surface area contributed by atoms with Gasteiger partial charge in [0.05, 0.1) is 30.2 Å². The van der Waals surface area contributed by atoms with Gasteiger partial charge in [0.15, 0.2) is 0 Å². The Kier molecular flexibility index (Phi) is 8.44. The number of alkyl halides is 3. The molecule has 0 radical (unpaired) electrons. The topological polar surface area (TPSA) is 116 Å². The van der Waals surface area contributed by atoms with Crippen LogP contribution >= 0.6 is 11.6 Å². The molecule has 8 nitrogen and oxygen atoms in total. The molecule has 0 spiro atoms. The number of carbonyl (C=O) groups is 3. The summed E-state index contributed by atoms with van der Waals surface area (Å²) in [5, 5.41) is 19.7. The lowest BCUT2D eigenvalue weighted by molar-refractivity contribution is -0.192. The molecule has 1 saturated heterocycles. The third kappa shape index (κ3) is 7.13. The normalized spacial score (nSPS) is 13.6. The van der Waals surface area contributed by atoms with Crippen LogP contribution < -0.4 is 10.2 Å². The van der Waals surface area contributed by atoms with E-state index >= 15 is 0 Å². The zero-order valence-electron chi connectivity index (χ0n) is 16.4. The first-order chi connectivity index (χ1) is 15.0. The van der Waals surface area contributed by atoms with Gasteiger partial charge in [-0.05, 0) is 42.5 Å². The second-order valence-corrected chi connectivity index (χ2v) is 6.84. The van der Waals surface area contributed by atoms with Crippen LogP contribution in [0.2, 0.25) is 5.02 Å². The minimum atomic E-state index is -5.08. The number of carboxylic acids is 2. The van der Waals surface area contributed by atoms with Gasteiger partial charge in [0.2, 0.25) is 0 Å². The summed E-state index contributed by atoms with van der Waals surface area (Å²) in [6, 6.07) is 11.2. The molecule has 32 heavy (non-hydrogen) atoms. The van der Waals surface area contributed by atoms with Crippen molar-refractivity contribution in [3.05, 3.63) is 58.6 Å². The summed E-state index contributed by atoms with van der Waals surface area (Å²) in [5.41, 5.74) is 1.79. The van der Waals surface area contributed by atoms with Crippen LogP contribution in [0, 0.1) is 0 Å². The fraction of sp³-hybridized carbons (Fsp3) is 0.250. The number of aromatic carboxylic acids is 1. The minimum absolute atomic E-state index is 0.114. The van der Waals surface area contributed by atoms with E-state index in [2.05, 4.69) is 10.2 Å². The summed E-state index contributed by atoms with van der Waals surface area (Å²) in [6.07, 6.45) is -5.08. The number of hydrogen-bond acceptors (Lipinski definition) is 5. The van der Waals surface area contributed by atoms with Gasteiger partial charge in [0.1, 0.15) is 0 Å². The number of anilines is 2. The van der Waals surface area contributed by atoms with Gasteiger partial charge < -0.3 is 25.2 Å². The number of hydrogen-bond donors (Lipinski definition) is 3. The number of benzene rings is 2. The monoisotopic (exact) mass is 474 g/mol. The molecule has 172 valence electrons. The lowest BCUT2D eigenvalue weighted by Crippen LogP contribution is -2.36. The molecular weight excluding hydrogens is 457 g/mol. The second kappa shape index (κ2) is 10.8. The summed E-state index contributed by atoms with van der Waals surface area (Å²) >= 11 is 5.84. The van der Waals surface area contributed by atoms with E-state index in [1.165, 1.54) is 12.1 Å². The molecule has 2 aromatic carbocycles. The number of morpholine rings is 1. The molecule has 1 aliphatic heterocycles. The molecular formula is C20H18ClF3N2O6. The van der Waals surface area contributed by atoms with Crippen LogP contribution in [-0.2, 0) is 9.53 Å². The molecule has 0 aliphatic carbocycles. The van der Waals surface area contributed by atoms with Crippen molar-refractivity contribution in [3.8, 4) is 0 Å². The highest BCUT2D eigenvalue weighted by atomic mass is 35.5. The Morgan fingerprint density at radius 1 is 0.969 bits per heavy atom. The first kappa shape index (κ1) is 25.0. The maximum absolute atomic E-state index is 12.5. The van der Waals surface area contributed by atoms with Gasteiger partial charge in [0, 0.05) is 23.7 Å². The van der Waals surface area contributed by atoms with Crippen molar-refractivity contribution in [2.45, 2.75) is 6.18 Å². The highest BCUT2D eigenvalue weighted by Crippen LogP contribution is 2.29. The molecule has 2 aromatic rings. The van der Waals surface area contributed by atoms with Gasteiger partial charge in [-0.15, -0.1) is 0 Å². The maximum Gasteiger partial charge on any atom is 0.490 e. The minimum Gasteiger partial charge on any atom is -0.478 e. The van der Waals surface area contributed by atoms with Crippen LogP contribution in [-0.4, -0.2) is 60.5 Å². The van der Waals surface area contributed by atoms with Crippen LogP contribution in [0.5, 0.6) is 0 Å². The van der Waals surface area contributed by atoms with Crippen LogP contribution in [0.15, 0.2) is 42.5 Å². The van der Waals surface area contributed by atoms with Crippen molar-refractivity contribution >= 4 is 40.8 Å². The van der Waals surface area contributed by atoms with Crippen LogP contribution in [0.25, 0.3) is 0 Å². The molecule has 12 heteroatoms. The second-order valence-electron chi connectivity index (χ2n) is 6.40. The van der Waals surface area contributed by atoms with E-state index < -0.39 is 18.1 Å². The average molecular weight is 475 g/mol. The predicted octanol–water partition coefficient (Wildman–Crippen LogP) is 3.76. The molecule has 1 heterocycles. The van der Waals surface area contributed by atoms with E-state index in [9.17, 15) is 27.9 Å². The number of rotatable bonds is 4. The van der Waals surface area contributed by atoms with Gasteiger partial charge in [0.25, 0.3) is 5.91 Å². The predicted molar refractivity (Wildman–Crippen MR) is 110 cm³/mol. The van der Waals surface area contributed by atoms with Gasteiger partial charge in [-0.25, -0.2) is 9.59 Å². The van der Waals surface area contributed by atoms with Crippen molar-refractivity contribution in [2.24, 2.45) is 0 Å². The molecule has 3 N–H and O–H groups in total. The summed E-state index contributed by atoms with van der Waals surface area (Å²) in [6.45, 7) is 2.53. The van der Waals surface area contributed by atoms with Crippen molar-refractivity contribution in [1.29, 1.82) is 0 Å². The number of carboxylic acid groups (broad SMARTS) is 2. The van der Waals surface area contributed by atoms with Crippen molar-refractivity contribution < 1.29 is 42.5 Å². The Labute approximate surface area is 185 Å². The molecule has 0 bridgehead atoms. The van der Waals surface area contributed by atoms with E-state index in [0.29, 0.717) is 42.6 Å². The van der Waals surface area contributed by atoms with E-state index in [4.69, 9.17) is 26.2 Å². The van der Waals surface area contributed by atoms with Gasteiger partial charge >= 0.3 is 18.1 Å². The number of halogens is 4. The third-order valence-corrected chi connectivity index (χ3v) is 4.44. The van der Waals surface area contributed by atoms with Crippen molar-refractivity contribution in [2.75, 3.05) is 36.5 Å². The molecule has 1 aliphatic rings. The van der Waals surface area contributed by atoms with Crippen molar-refractivity contribution in [1.82, 2.24) is 0 Å². The van der Waals surface area contributed by atoms with Crippen molar-refractivity contribution in [3.63, 3.8) is 0 Å². The zero-order chi connectivity index (χ0) is 23.9. The standard InChI is InChI=1S/C18H17ClN2O4.C2HF3O2/c19-14-4-1-12(2-5-14)17(22)20-15-11-13(18(23)24)3-6-16(15)21-7-9-25-10-8-21;3-2(4,5)1(6)7/h1-6,11H,7-10H2,(H,20,22)(H,23,24);(H,6,7). The molecule has 0 saturated carbocycles. The molecule has 0 atom stereocenters. The highest BCUT2D eigenvalue weighted by molar-refractivity contribution is 6.30. The van der Waals surface area contributed by atoms with E-state index in [-0.39, 0.29) is 11.5 Å². The number of aliphatic carboxylic acids is 1. The van der Waals surface area contributed by atoms with E-state index in [1.54, 1.807) is 30.3 Å². The van der Waals surface area contributed by atoms with Gasteiger partial charge in [-0.3, -0.25) is 4.79 Å².